The number of rotatable bonds is 3. The molecule has 26 heavy (non-hydrogen) atoms. The number of halogens is 2. The fourth-order valence-corrected chi connectivity index (χ4v) is 3.50. The quantitative estimate of drug-likeness (QED) is 0.748. The van der Waals surface area contributed by atoms with Crippen LogP contribution in [0.5, 0.6) is 0 Å². The van der Waals surface area contributed by atoms with E-state index in [9.17, 15) is 4.79 Å². The molecule has 0 radical (unpaired) electrons. The number of nitrogens with zero attached hydrogens (tertiary/aromatic N) is 3. The first-order chi connectivity index (χ1) is 12.6. The van der Waals surface area contributed by atoms with Crippen molar-refractivity contribution in [2.45, 2.75) is 6.54 Å². The van der Waals surface area contributed by atoms with E-state index in [1.165, 1.54) is 0 Å². The zero-order valence-corrected chi connectivity index (χ0v) is 15.6. The lowest BCUT2D eigenvalue weighted by Gasteiger charge is -2.30. The van der Waals surface area contributed by atoms with Crippen molar-refractivity contribution in [2.24, 2.45) is 0 Å². The molecule has 1 aliphatic rings. The first-order valence-corrected chi connectivity index (χ1v) is 9.27. The highest BCUT2D eigenvalue weighted by molar-refractivity contribution is 6.31. The van der Waals surface area contributed by atoms with Crippen molar-refractivity contribution in [3.8, 4) is 0 Å². The van der Waals surface area contributed by atoms with Gasteiger partial charge < -0.3 is 10.2 Å². The predicted octanol–water partition coefficient (Wildman–Crippen LogP) is 3.16. The standard InChI is InChI=1S/C19H18Cl2N4O/c20-14-3-1-13(2-4-14)12-25-18(26)16-11-15(21)5-6-17(16)23-19(25)24-9-7-22-8-10-24/h1-6,11,22H,7-10,12H2. The third kappa shape index (κ3) is 3.43. The van der Waals surface area contributed by atoms with Crippen LogP contribution in [0, 0.1) is 0 Å². The average molecular weight is 389 g/mol. The van der Waals surface area contributed by atoms with Crippen molar-refractivity contribution in [1.29, 1.82) is 0 Å². The third-order valence-corrected chi connectivity index (χ3v) is 5.04. The van der Waals surface area contributed by atoms with Gasteiger partial charge in [-0.15, -0.1) is 0 Å². The Balaban J connectivity index is 1.87. The highest BCUT2D eigenvalue weighted by Crippen LogP contribution is 2.20. The number of benzene rings is 2. The molecule has 3 aromatic rings. The summed E-state index contributed by atoms with van der Waals surface area (Å²) in [5, 5.41) is 5.07. The summed E-state index contributed by atoms with van der Waals surface area (Å²) in [6, 6.07) is 12.8. The molecule has 1 aromatic heterocycles. The van der Waals surface area contributed by atoms with Crippen LogP contribution in [-0.2, 0) is 6.54 Å². The molecule has 5 nitrogen and oxygen atoms in total. The van der Waals surface area contributed by atoms with Crippen molar-refractivity contribution in [3.63, 3.8) is 0 Å². The summed E-state index contributed by atoms with van der Waals surface area (Å²) in [6.45, 7) is 3.80. The maximum atomic E-state index is 13.2. The molecule has 0 unspecified atom stereocenters. The molecule has 0 aliphatic carbocycles. The van der Waals surface area contributed by atoms with Gasteiger partial charge in [0.1, 0.15) is 0 Å². The Kier molecular flexibility index (Phi) is 4.85. The Morgan fingerprint density at radius 3 is 2.42 bits per heavy atom. The van der Waals surface area contributed by atoms with E-state index in [1.807, 2.05) is 24.3 Å². The van der Waals surface area contributed by atoms with E-state index in [1.54, 1.807) is 22.8 Å². The second-order valence-electron chi connectivity index (χ2n) is 6.33. The number of nitrogens with one attached hydrogen (secondary N) is 1. The van der Waals surface area contributed by atoms with Crippen LogP contribution >= 0.6 is 23.2 Å². The first kappa shape index (κ1) is 17.3. The van der Waals surface area contributed by atoms with Gasteiger partial charge in [0, 0.05) is 36.2 Å². The van der Waals surface area contributed by atoms with Gasteiger partial charge in [-0.3, -0.25) is 9.36 Å². The Bertz CT molecular complexity index is 995. The summed E-state index contributed by atoms with van der Waals surface area (Å²) in [5.41, 5.74) is 1.58. The lowest BCUT2D eigenvalue weighted by molar-refractivity contribution is 0.564. The molecule has 1 fully saturated rings. The minimum atomic E-state index is -0.0824. The van der Waals surface area contributed by atoms with E-state index in [0.29, 0.717) is 33.4 Å². The second kappa shape index (κ2) is 7.27. The van der Waals surface area contributed by atoms with Gasteiger partial charge >= 0.3 is 0 Å². The van der Waals surface area contributed by atoms with Crippen molar-refractivity contribution in [3.05, 3.63) is 68.4 Å². The number of piperazine rings is 1. The second-order valence-corrected chi connectivity index (χ2v) is 7.20. The smallest absolute Gasteiger partial charge is 0.263 e. The minimum absolute atomic E-state index is 0.0824. The van der Waals surface area contributed by atoms with Gasteiger partial charge in [0.25, 0.3) is 5.56 Å². The first-order valence-electron chi connectivity index (χ1n) is 8.52. The molecule has 0 atom stereocenters. The van der Waals surface area contributed by atoms with Crippen LogP contribution in [0.15, 0.2) is 47.3 Å². The highest BCUT2D eigenvalue weighted by atomic mass is 35.5. The molecule has 0 saturated carbocycles. The van der Waals surface area contributed by atoms with E-state index in [-0.39, 0.29) is 5.56 Å². The molecule has 134 valence electrons. The molecule has 1 aliphatic heterocycles. The van der Waals surface area contributed by atoms with Gasteiger partial charge in [0.2, 0.25) is 5.95 Å². The van der Waals surface area contributed by atoms with Crippen LogP contribution in [0.1, 0.15) is 5.56 Å². The fourth-order valence-electron chi connectivity index (χ4n) is 3.20. The molecule has 0 amide bonds. The topological polar surface area (TPSA) is 50.2 Å². The molecule has 0 bridgehead atoms. The van der Waals surface area contributed by atoms with E-state index in [0.717, 1.165) is 31.7 Å². The number of fused-ring (bicyclic) bond motifs is 1. The SMILES string of the molecule is O=c1c2cc(Cl)ccc2nc(N2CCNCC2)n1Cc1ccc(Cl)cc1. The van der Waals surface area contributed by atoms with Gasteiger partial charge in [-0.25, -0.2) is 4.98 Å². The van der Waals surface area contributed by atoms with Crippen LogP contribution in [-0.4, -0.2) is 35.7 Å². The van der Waals surface area contributed by atoms with Gasteiger partial charge in [0.15, 0.2) is 0 Å². The Morgan fingerprint density at radius 2 is 1.69 bits per heavy atom. The zero-order chi connectivity index (χ0) is 18.1. The van der Waals surface area contributed by atoms with Crippen molar-refractivity contribution >= 4 is 40.1 Å². The molecule has 0 spiro atoms. The largest absolute Gasteiger partial charge is 0.340 e. The maximum Gasteiger partial charge on any atom is 0.263 e. The van der Waals surface area contributed by atoms with Crippen molar-refractivity contribution < 1.29 is 0 Å². The molecular formula is C19H18Cl2N4O. The highest BCUT2D eigenvalue weighted by Gasteiger charge is 2.19. The van der Waals surface area contributed by atoms with Crippen LogP contribution in [0.25, 0.3) is 10.9 Å². The Labute approximate surface area is 161 Å². The fraction of sp³-hybridized carbons (Fsp3) is 0.263. The van der Waals surface area contributed by atoms with Gasteiger partial charge in [0.05, 0.1) is 17.4 Å². The van der Waals surface area contributed by atoms with Crippen LogP contribution < -0.4 is 15.8 Å². The molecule has 2 heterocycles. The van der Waals surface area contributed by atoms with E-state index >= 15 is 0 Å². The lowest BCUT2D eigenvalue weighted by Crippen LogP contribution is -2.46. The zero-order valence-electron chi connectivity index (χ0n) is 14.1. The van der Waals surface area contributed by atoms with Gasteiger partial charge in [-0.2, -0.15) is 0 Å². The Hall–Kier alpha value is -2.08. The normalized spacial score (nSPS) is 14.8. The van der Waals surface area contributed by atoms with Crippen LogP contribution in [0.3, 0.4) is 0 Å². The van der Waals surface area contributed by atoms with Gasteiger partial charge in [-0.1, -0.05) is 35.3 Å². The van der Waals surface area contributed by atoms with E-state index in [4.69, 9.17) is 28.2 Å². The summed E-state index contributed by atoms with van der Waals surface area (Å²) >= 11 is 12.1. The third-order valence-electron chi connectivity index (χ3n) is 4.55. The Morgan fingerprint density at radius 1 is 1.00 bits per heavy atom. The molecule has 7 heteroatoms. The van der Waals surface area contributed by atoms with Crippen LogP contribution in [0.2, 0.25) is 10.0 Å². The molecule has 2 aromatic carbocycles. The average Bonchev–Trinajstić information content (AvgIpc) is 2.66. The molecular weight excluding hydrogens is 371 g/mol. The summed E-state index contributed by atoms with van der Waals surface area (Å²) in [5.74, 6) is 0.696. The monoisotopic (exact) mass is 388 g/mol. The van der Waals surface area contributed by atoms with Gasteiger partial charge in [-0.05, 0) is 35.9 Å². The minimum Gasteiger partial charge on any atom is -0.340 e. The molecule has 1 saturated heterocycles. The van der Waals surface area contributed by atoms with E-state index < -0.39 is 0 Å². The maximum absolute atomic E-state index is 13.2. The number of aromatic nitrogens is 2. The van der Waals surface area contributed by atoms with E-state index in [2.05, 4.69) is 10.2 Å². The van der Waals surface area contributed by atoms with Crippen molar-refractivity contribution in [2.75, 3.05) is 31.1 Å². The van der Waals surface area contributed by atoms with Crippen LogP contribution in [0.4, 0.5) is 5.95 Å². The summed E-state index contributed by atoms with van der Waals surface area (Å²) in [7, 11) is 0. The number of hydrogen-bond acceptors (Lipinski definition) is 4. The number of hydrogen-bond donors (Lipinski definition) is 1. The summed E-state index contributed by atoms with van der Waals surface area (Å²) in [4.78, 5) is 20.2. The predicted molar refractivity (Wildman–Crippen MR) is 107 cm³/mol. The number of anilines is 1. The van der Waals surface area contributed by atoms with Crippen molar-refractivity contribution in [1.82, 2.24) is 14.9 Å². The lowest BCUT2D eigenvalue weighted by atomic mass is 10.2. The summed E-state index contributed by atoms with van der Waals surface area (Å²) in [6.07, 6.45) is 0. The molecule has 4 rings (SSSR count). The summed E-state index contributed by atoms with van der Waals surface area (Å²) < 4.78 is 1.73. The molecule has 1 N–H and O–H groups in total.